The Kier molecular flexibility index (Phi) is 5.18. The van der Waals surface area contributed by atoms with Crippen molar-refractivity contribution in [2.24, 2.45) is 7.05 Å². The van der Waals surface area contributed by atoms with Gasteiger partial charge in [0.15, 0.2) is 11.9 Å². The third-order valence-electron chi connectivity index (χ3n) is 3.70. The highest BCUT2D eigenvalue weighted by atomic mass is 16.5. The fourth-order valence-electron chi connectivity index (χ4n) is 2.33. The topological polar surface area (TPSA) is 81.4 Å². The molecule has 0 aliphatic rings. The van der Waals surface area contributed by atoms with Crippen molar-refractivity contribution in [2.75, 3.05) is 0 Å². The van der Waals surface area contributed by atoms with Crippen LogP contribution in [0, 0.1) is 13.8 Å². The molecule has 1 unspecified atom stereocenters. The predicted molar refractivity (Wildman–Crippen MR) is 90.2 cm³/mol. The first kappa shape index (κ1) is 17.5. The zero-order valence-corrected chi connectivity index (χ0v) is 14.1. The largest absolute Gasteiger partial charge is 0.479 e. The van der Waals surface area contributed by atoms with Crippen molar-refractivity contribution in [3.8, 4) is 5.75 Å². The van der Waals surface area contributed by atoms with Gasteiger partial charge >= 0.3 is 5.97 Å². The van der Waals surface area contributed by atoms with E-state index in [1.54, 1.807) is 42.9 Å². The molecular weight excluding hydrogens is 308 g/mol. The van der Waals surface area contributed by atoms with Gasteiger partial charge in [0.1, 0.15) is 5.75 Å². The second kappa shape index (κ2) is 7.12. The number of allylic oxidation sites excluding steroid dienone is 1. The molecule has 0 aliphatic carbocycles. The van der Waals surface area contributed by atoms with Crippen molar-refractivity contribution in [3.05, 3.63) is 52.9 Å². The van der Waals surface area contributed by atoms with E-state index in [9.17, 15) is 9.59 Å². The Morgan fingerprint density at radius 2 is 2.04 bits per heavy atom. The lowest BCUT2D eigenvalue weighted by Crippen LogP contribution is -2.22. The first-order valence-electron chi connectivity index (χ1n) is 7.51. The summed E-state index contributed by atoms with van der Waals surface area (Å²) < 4.78 is 7.00. The van der Waals surface area contributed by atoms with Gasteiger partial charge in [0.25, 0.3) is 0 Å². The molecule has 1 aromatic heterocycles. The zero-order valence-electron chi connectivity index (χ0n) is 14.1. The van der Waals surface area contributed by atoms with Crippen LogP contribution in [-0.4, -0.2) is 32.7 Å². The molecule has 6 nitrogen and oxygen atoms in total. The minimum Gasteiger partial charge on any atom is -0.479 e. The van der Waals surface area contributed by atoms with Crippen LogP contribution in [0.1, 0.15) is 34.2 Å². The molecule has 126 valence electrons. The van der Waals surface area contributed by atoms with Gasteiger partial charge in [-0.1, -0.05) is 18.2 Å². The number of carbonyl (C=O) groups excluding carboxylic acids is 1. The molecule has 0 amide bonds. The maximum atomic E-state index is 12.4. The lowest BCUT2D eigenvalue weighted by molar-refractivity contribution is -0.144. The number of ether oxygens (including phenoxy) is 1. The van der Waals surface area contributed by atoms with Crippen molar-refractivity contribution in [2.45, 2.75) is 26.9 Å². The lowest BCUT2D eigenvalue weighted by Gasteiger charge is -2.10. The van der Waals surface area contributed by atoms with Crippen molar-refractivity contribution in [1.29, 1.82) is 0 Å². The van der Waals surface area contributed by atoms with E-state index in [-0.39, 0.29) is 5.78 Å². The quantitative estimate of drug-likeness (QED) is 0.651. The number of aromatic nitrogens is 2. The van der Waals surface area contributed by atoms with E-state index < -0.39 is 12.1 Å². The fraction of sp³-hybridized carbons (Fsp3) is 0.278. The van der Waals surface area contributed by atoms with Crippen molar-refractivity contribution >= 4 is 17.8 Å². The van der Waals surface area contributed by atoms with Crippen LogP contribution in [0.3, 0.4) is 0 Å². The molecular formula is C18H20N2O4. The number of carboxylic acid groups (broad SMARTS) is 1. The van der Waals surface area contributed by atoms with E-state index in [0.29, 0.717) is 17.0 Å². The van der Waals surface area contributed by atoms with Crippen LogP contribution in [-0.2, 0) is 11.8 Å². The number of nitrogens with zero attached hydrogens (tertiary/aromatic N) is 2. The number of benzene rings is 1. The average molecular weight is 328 g/mol. The van der Waals surface area contributed by atoms with E-state index >= 15 is 0 Å². The van der Waals surface area contributed by atoms with Gasteiger partial charge in [-0.05, 0) is 44.5 Å². The highest BCUT2D eigenvalue weighted by molar-refractivity contribution is 6.08. The maximum absolute atomic E-state index is 12.4. The summed E-state index contributed by atoms with van der Waals surface area (Å²) in [5.74, 6) is -0.717. The predicted octanol–water partition coefficient (Wildman–Crippen LogP) is 2.78. The van der Waals surface area contributed by atoms with Gasteiger partial charge in [-0.15, -0.1) is 0 Å². The Hall–Kier alpha value is -2.89. The van der Waals surface area contributed by atoms with E-state index in [1.807, 2.05) is 13.0 Å². The maximum Gasteiger partial charge on any atom is 0.344 e. The molecule has 2 rings (SSSR count). The molecule has 6 heteroatoms. The number of hydrogen-bond donors (Lipinski definition) is 1. The number of hydrogen-bond acceptors (Lipinski definition) is 4. The van der Waals surface area contributed by atoms with Gasteiger partial charge in [-0.3, -0.25) is 9.48 Å². The van der Waals surface area contributed by atoms with E-state index in [0.717, 1.165) is 11.3 Å². The number of ketones is 1. The first-order chi connectivity index (χ1) is 11.3. The highest BCUT2D eigenvalue weighted by Gasteiger charge is 2.15. The smallest absolute Gasteiger partial charge is 0.344 e. The van der Waals surface area contributed by atoms with E-state index in [4.69, 9.17) is 9.84 Å². The standard InChI is InChI=1S/C18H20N2O4/c1-11-17(12(2)20(4)19-11)16(21)9-8-14-6-5-7-15(10-14)24-13(3)18(22)23/h5-10,13H,1-4H3,(H,22,23)/b9-8+. The number of aliphatic carboxylic acids is 1. The van der Waals surface area contributed by atoms with Gasteiger partial charge in [0, 0.05) is 12.7 Å². The SMILES string of the molecule is Cc1nn(C)c(C)c1C(=O)/C=C/c1cccc(OC(C)C(=O)O)c1. The van der Waals surface area contributed by atoms with E-state index in [2.05, 4.69) is 5.10 Å². The summed E-state index contributed by atoms with van der Waals surface area (Å²) in [5.41, 5.74) is 2.85. The fourth-order valence-corrected chi connectivity index (χ4v) is 2.33. The Bertz CT molecular complexity index is 805. The van der Waals surface area contributed by atoms with Gasteiger partial charge in [-0.25, -0.2) is 4.79 Å². The number of rotatable bonds is 6. The lowest BCUT2D eigenvalue weighted by atomic mass is 10.1. The van der Waals surface area contributed by atoms with Crippen LogP contribution in [0.5, 0.6) is 5.75 Å². The molecule has 24 heavy (non-hydrogen) atoms. The van der Waals surface area contributed by atoms with Crippen molar-refractivity contribution in [3.63, 3.8) is 0 Å². The molecule has 0 radical (unpaired) electrons. The summed E-state index contributed by atoms with van der Waals surface area (Å²) >= 11 is 0. The van der Waals surface area contributed by atoms with Gasteiger partial charge < -0.3 is 9.84 Å². The Balaban J connectivity index is 2.17. The summed E-state index contributed by atoms with van der Waals surface area (Å²) in [6.07, 6.45) is 2.22. The Morgan fingerprint density at radius 1 is 1.33 bits per heavy atom. The molecule has 0 fully saturated rings. The van der Waals surface area contributed by atoms with Crippen molar-refractivity contribution in [1.82, 2.24) is 9.78 Å². The molecule has 0 bridgehead atoms. The molecule has 0 aliphatic heterocycles. The van der Waals surface area contributed by atoms with Crippen LogP contribution in [0.4, 0.5) is 0 Å². The molecule has 0 saturated heterocycles. The average Bonchev–Trinajstić information content (AvgIpc) is 2.78. The first-order valence-corrected chi connectivity index (χ1v) is 7.51. The summed E-state index contributed by atoms with van der Waals surface area (Å²) in [6, 6.07) is 6.92. The number of carboxylic acids is 1. The van der Waals surface area contributed by atoms with Gasteiger partial charge in [0.2, 0.25) is 0 Å². The van der Waals surface area contributed by atoms with Crippen LogP contribution in [0.15, 0.2) is 30.3 Å². The summed E-state index contributed by atoms with van der Waals surface area (Å²) in [6.45, 7) is 5.11. The minimum absolute atomic E-state index is 0.122. The molecule has 1 N–H and O–H groups in total. The molecule has 2 aromatic rings. The number of aryl methyl sites for hydroxylation is 2. The van der Waals surface area contributed by atoms with Gasteiger partial charge in [0.05, 0.1) is 11.3 Å². The summed E-state index contributed by atoms with van der Waals surface area (Å²) in [4.78, 5) is 23.2. The molecule has 1 atom stereocenters. The van der Waals surface area contributed by atoms with Crippen LogP contribution in [0.2, 0.25) is 0 Å². The second-order valence-electron chi connectivity index (χ2n) is 5.54. The Labute approximate surface area is 140 Å². The molecule has 1 aromatic carbocycles. The monoisotopic (exact) mass is 328 g/mol. The van der Waals surface area contributed by atoms with Gasteiger partial charge in [-0.2, -0.15) is 5.10 Å². The van der Waals surface area contributed by atoms with E-state index in [1.165, 1.54) is 13.0 Å². The van der Waals surface area contributed by atoms with Crippen LogP contribution < -0.4 is 4.74 Å². The molecule has 0 spiro atoms. The highest BCUT2D eigenvalue weighted by Crippen LogP contribution is 2.18. The summed E-state index contributed by atoms with van der Waals surface area (Å²) in [5, 5.41) is 13.1. The minimum atomic E-state index is -1.03. The number of carbonyl (C=O) groups is 2. The third-order valence-corrected chi connectivity index (χ3v) is 3.70. The Morgan fingerprint density at radius 3 is 2.62 bits per heavy atom. The van der Waals surface area contributed by atoms with Crippen LogP contribution >= 0.6 is 0 Å². The molecule has 0 saturated carbocycles. The summed E-state index contributed by atoms with van der Waals surface area (Å²) in [7, 11) is 1.80. The van der Waals surface area contributed by atoms with Crippen molar-refractivity contribution < 1.29 is 19.4 Å². The molecule has 1 heterocycles. The zero-order chi connectivity index (χ0) is 17.9. The second-order valence-corrected chi connectivity index (χ2v) is 5.54. The normalized spacial score (nSPS) is 12.3. The third kappa shape index (κ3) is 3.90. The van der Waals surface area contributed by atoms with Crippen LogP contribution in [0.25, 0.3) is 6.08 Å².